The van der Waals surface area contributed by atoms with E-state index in [0.717, 1.165) is 6.54 Å². The summed E-state index contributed by atoms with van der Waals surface area (Å²) in [5.41, 5.74) is 3.10. The quantitative estimate of drug-likeness (QED) is 0.804. The lowest BCUT2D eigenvalue weighted by Crippen LogP contribution is -2.25. The summed E-state index contributed by atoms with van der Waals surface area (Å²) in [6.45, 7) is 9.73. The molecule has 1 heterocycles. The van der Waals surface area contributed by atoms with Crippen molar-refractivity contribution in [3.63, 3.8) is 0 Å². The predicted octanol–water partition coefficient (Wildman–Crippen LogP) is 2.76. The van der Waals surface area contributed by atoms with E-state index in [1.54, 1.807) is 11.3 Å². The van der Waals surface area contributed by atoms with Crippen LogP contribution in [0.25, 0.3) is 0 Å². The molecule has 1 aromatic rings. The van der Waals surface area contributed by atoms with E-state index in [2.05, 4.69) is 38.0 Å². The summed E-state index contributed by atoms with van der Waals surface area (Å²) in [6.07, 6.45) is 0. The number of thiazole rings is 1. The lowest BCUT2D eigenvalue weighted by atomic mass is 10.0. The first-order valence-electron chi connectivity index (χ1n) is 4.80. The van der Waals surface area contributed by atoms with E-state index in [0.29, 0.717) is 12.0 Å². The molecule has 1 atom stereocenters. The van der Waals surface area contributed by atoms with Gasteiger partial charge in [-0.1, -0.05) is 20.8 Å². The van der Waals surface area contributed by atoms with Gasteiger partial charge in [-0.25, -0.2) is 4.98 Å². The van der Waals surface area contributed by atoms with Crippen LogP contribution in [0.5, 0.6) is 0 Å². The molecule has 3 heteroatoms. The van der Waals surface area contributed by atoms with Crippen LogP contribution in [0.15, 0.2) is 5.51 Å². The third-order valence-electron chi connectivity index (χ3n) is 2.16. The molecule has 0 radical (unpaired) electrons. The van der Waals surface area contributed by atoms with E-state index in [4.69, 9.17) is 0 Å². The highest BCUT2D eigenvalue weighted by Gasteiger charge is 2.18. The Morgan fingerprint density at radius 2 is 2.23 bits per heavy atom. The van der Waals surface area contributed by atoms with Crippen molar-refractivity contribution in [3.8, 4) is 0 Å². The van der Waals surface area contributed by atoms with Gasteiger partial charge in [-0.15, -0.1) is 11.3 Å². The Morgan fingerprint density at radius 1 is 1.54 bits per heavy atom. The third kappa shape index (κ3) is 2.51. The van der Waals surface area contributed by atoms with Gasteiger partial charge in [0.05, 0.1) is 11.2 Å². The Hall–Kier alpha value is -0.410. The number of nitrogens with zero attached hydrogens (tertiary/aromatic N) is 1. The third-order valence-corrected chi connectivity index (χ3v) is 3.17. The Morgan fingerprint density at radius 3 is 2.62 bits per heavy atom. The topological polar surface area (TPSA) is 24.9 Å². The smallest absolute Gasteiger partial charge is 0.0798 e. The van der Waals surface area contributed by atoms with Gasteiger partial charge in [-0.2, -0.15) is 0 Å². The maximum atomic E-state index is 4.28. The second-order valence-corrected chi connectivity index (χ2v) is 4.47. The Bertz CT molecular complexity index is 255. The summed E-state index contributed by atoms with van der Waals surface area (Å²) in [4.78, 5) is 5.67. The molecule has 0 bridgehead atoms. The summed E-state index contributed by atoms with van der Waals surface area (Å²) in [6, 6.07) is 0.470. The molecule has 1 aromatic heterocycles. The van der Waals surface area contributed by atoms with Crippen LogP contribution in [0.2, 0.25) is 0 Å². The summed E-state index contributed by atoms with van der Waals surface area (Å²) in [7, 11) is 0. The molecule has 0 saturated heterocycles. The van der Waals surface area contributed by atoms with Crippen LogP contribution in [0.3, 0.4) is 0 Å². The fourth-order valence-corrected chi connectivity index (χ4v) is 2.51. The second-order valence-electron chi connectivity index (χ2n) is 3.58. The van der Waals surface area contributed by atoms with Gasteiger partial charge < -0.3 is 5.32 Å². The summed E-state index contributed by atoms with van der Waals surface area (Å²) in [5, 5.41) is 3.50. The Labute approximate surface area is 84.4 Å². The number of aromatic nitrogens is 1. The number of nitrogens with one attached hydrogen (secondary N) is 1. The monoisotopic (exact) mass is 198 g/mol. The van der Waals surface area contributed by atoms with Crippen LogP contribution >= 0.6 is 11.3 Å². The second kappa shape index (κ2) is 4.72. The molecule has 2 nitrogen and oxygen atoms in total. The highest BCUT2D eigenvalue weighted by Crippen LogP contribution is 2.27. The first-order valence-corrected chi connectivity index (χ1v) is 5.68. The highest BCUT2D eigenvalue weighted by atomic mass is 32.1. The van der Waals surface area contributed by atoms with Crippen molar-refractivity contribution in [2.45, 2.75) is 33.7 Å². The minimum absolute atomic E-state index is 0.470. The fraction of sp³-hybridized carbons (Fsp3) is 0.700. The maximum absolute atomic E-state index is 4.28. The lowest BCUT2D eigenvalue weighted by molar-refractivity contribution is 0.426. The average Bonchev–Trinajstić information content (AvgIpc) is 2.47. The van der Waals surface area contributed by atoms with Gasteiger partial charge >= 0.3 is 0 Å². The fourth-order valence-electron chi connectivity index (χ4n) is 1.46. The molecule has 13 heavy (non-hydrogen) atoms. The SMILES string of the molecule is CCNC(c1scnc1C)C(C)C. The molecule has 0 amide bonds. The molecular weight excluding hydrogens is 180 g/mol. The zero-order valence-electron chi connectivity index (χ0n) is 8.79. The number of aryl methyl sites for hydroxylation is 1. The van der Waals surface area contributed by atoms with Gasteiger partial charge in [0.2, 0.25) is 0 Å². The zero-order valence-corrected chi connectivity index (χ0v) is 9.61. The van der Waals surface area contributed by atoms with Crippen LogP contribution < -0.4 is 5.32 Å². The summed E-state index contributed by atoms with van der Waals surface area (Å²) < 4.78 is 0. The van der Waals surface area contributed by atoms with E-state index < -0.39 is 0 Å². The molecule has 74 valence electrons. The number of hydrogen-bond acceptors (Lipinski definition) is 3. The molecule has 0 aliphatic heterocycles. The number of hydrogen-bond donors (Lipinski definition) is 1. The van der Waals surface area contributed by atoms with Crippen LogP contribution in [-0.2, 0) is 0 Å². The van der Waals surface area contributed by atoms with Gasteiger partial charge in [0, 0.05) is 10.9 Å². The zero-order chi connectivity index (χ0) is 9.84. The molecule has 0 fully saturated rings. The van der Waals surface area contributed by atoms with Crippen molar-refractivity contribution >= 4 is 11.3 Å². The lowest BCUT2D eigenvalue weighted by Gasteiger charge is -2.20. The maximum Gasteiger partial charge on any atom is 0.0798 e. The largest absolute Gasteiger partial charge is 0.309 e. The highest BCUT2D eigenvalue weighted by molar-refractivity contribution is 7.09. The normalized spacial score (nSPS) is 13.6. The molecule has 0 aliphatic carbocycles. The molecule has 0 spiro atoms. The van der Waals surface area contributed by atoms with E-state index in [1.807, 2.05) is 5.51 Å². The first kappa shape index (κ1) is 10.7. The molecule has 1 unspecified atom stereocenters. The van der Waals surface area contributed by atoms with E-state index >= 15 is 0 Å². The van der Waals surface area contributed by atoms with Gasteiger partial charge in [0.25, 0.3) is 0 Å². The van der Waals surface area contributed by atoms with Gasteiger partial charge in [0.1, 0.15) is 0 Å². The minimum atomic E-state index is 0.470. The van der Waals surface area contributed by atoms with E-state index in [1.165, 1.54) is 10.6 Å². The van der Waals surface area contributed by atoms with Gasteiger partial charge in [-0.3, -0.25) is 0 Å². The molecule has 0 aliphatic rings. The molecule has 1 N–H and O–H groups in total. The van der Waals surface area contributed by atoms with Crippen molar-refractivity contribution in [1.82, 2.24) is 10.3 Å². The van der Waals surface area contributed by atoms with Crippen LogP contribution in [-0.4, -0.2) is 11.5 Å². The number of rotatable bonds is 4. The Balaban J connectivity index is 2.82. The van der Waals surface area contributed by atoms with E-state index in [9.17, 15) is 0 Å². The van der Waals surface area contributed by atoms with Crippen molar-refractivity contribution in [2.24, 2.45) is 5.92 Å². The molecular formula is C10H18N2S. The molecule has 0 saturated carbocycles. The molecule has 0 aromatic carbocycles. The minimum Gasteiger partial charge on any atom is -0.309 e. The van der Waals surface area contributed by atoms with Gasteiger partial charge in [0.15, 0.2) is 0 Å². The van der Waals surface area contributed by atoms with Crippen molar-refractivity contribution in [3.05, 3.63) is 16.1 Å². The molecule has 1 rings (SSSR count). The average molecular weight is 198 g/mol. The van der Waals surface area contributed by atoms with E-state index in [-0.39, 0.29) is 0 Å². The van der Waals surface area contributed by atoms with Crippen molar-refractivity contribution in [1.29, 1.82) is 0 Å². The van der Waals surface area contributed by atoms with Crippen molar-refractivity contribution in [2.75, 3.05) is 6.54 Å². The Kier molecular flexibility index (Phi) is 3.88. The van der Waals surface area contributed by atoms with Crippen LogP contribution in [0.4, 0.5) is 0 Å². The summed E-state index contributed by atoms with van der Waals surface area (Å²) >= 11 is 1.75. The standard InChI is InChI=1S/C10H18N2S/c1-5-11-9(7(2)3)10-8(4)12-6-13-10/h6-7,9,11H,5H2,1-4H3. The predicted molar refractivity (Wildman–Crippen MR) is 58.1 cm³/mol. The summed E-state index contributed by atoms with van der Waals surface area (Å²) in [5.74, 6) is 0.624. The van der Waals surface area contributed by atoms with Crippen LogP contribution in [0.1, 0.15) is 37.4 Å². The van der Waals surface area contributed by atoms with Crippen molar-refractivity contribution < 1.29 is 0 Å². The van der Waals surface area contributed by atoms with Crippen LogP contribution in [0, 0.1) is 12.8 Å². The van der Waals surface area contributed by atoms with Gasteiger partial charge in [-0.05, 0) is 19.4 Å². The first-order chi connectivity index (χ1) is 6.16.